The summed E-state index contributed by atoms with van der Waals surface area (Å²) in [6.07, 6.45) is 0. The van der Waals surface area contributed by atoms with Gasteiger partial charge in [-0.2, -0.15) is 4.31 Å². The van der Waals surface area contributed by atoms with Crippen LogP contribution in [0.25, 0.3) is 0 Å². The third-order valence-electron chi connectivity index (χ3n) is 5.76. The molecule has 1 amide bonds. The van der Waals surface area contributed by atoms with E-state index in [9.17, 15) is 21.6 Å². The van der Waals surface area contributed by atoms with Gasteiger partial charge in [0.2, 0.25) is 15.9 Å². The Bertz CT molecular complexity index is 1420. The minimum Gasteiger partial charge on any atom is -0.325 e. The zero-order valence-electron chi connectivity index (χ0n) is 20.8. The highest BCUT2D eigenvalue weighted by atomic mass is 32.2. The smallest absolute Gasteiger partial charge is 0.264 e. The number of carbonyl (C=O) groups excluding carboxylic acids is 1. The first-order chi connectivity index (χ1) is 17.0. The molecule has 36 heavy (non-hydrogen) atoms. The second-order valence-corrected chi connectivity index (χ2v) is 12.1. The summed E-state index contributed by atoms with van der Waals surface area (Å²) < 4.78 is 54.9. The predicted molar refractivity (Wildman–Crippen MR) is 142 cm³/mol. The summed E-state index contributed by atoms with van der Waals surface area (Å²) in [7, 11) is -7.66. The van der Waals surface area contributed by atoms with Crippen molar-refractivity contribution in [3.05, 3.63) is 83.9 Å². The molecule has 0 atom stereocenters. The quantitative estimate of drug-likeness (QED) is 0.425. The molecule has 0 saturated carbocycles. The molecule has 0 radical (unpaired) electrons. The topological polar surface area (TPSA) is 104 Å². The average Bonchev–Trinajstić information content (AvgIpc) is 2.84. The van der Waals surface area contributed by atoms with Gasteiger partial charge in [-0.1, -0.05) is 49.7 Å². The first-order valence-corrected chi connectivity index (χ1v) is 14.4. The van der Waals surface area contributed by atoms with Crippen molar-refractivity contribution in [3.63, 3.8) is 0 Å². The molecule has 3 aromatic carbocycles. The fraction of sp³-hybridized carbons (Fsp3) is 0.269. The highest BCUT2D eigenvalue weighted by molar-refractivity contribution is 7.92. The summed E-state index contributed by atoms with van der Waals surface area (Å²) in [5.41, 5.74) is 2.37. The van der Waals surface area contributed by atoms with Gasteiger partial charge in [0.25, 0.3) is 10.0 Å². The van der Waals surface area contributed by atoms with Crippen LogP contribution in [-0.4, -0.2) is 46.7 Å². The van der Waals surface area contributed by atoms with Crippen molar-refractivity contribution in [2.75, 3.05) is 29.3 Å². The lowest BCUT2D eigenvalue weighted by atomic mass is 10.2. The number of carbonyl (C=O) groups is 1. The lowest BCUT2D eigenvalue weighted by Gasteiger charge is -2.25. The van der Waals surface area contributed by atoms with Crippen LogP contribution >= 0.6 is 0 Å². The minimum absolute atomic E-state index is 0.0788. The van der Waals surface area contributed by atoms with Crippen LogP contribution in [0.3, 0.4) is 0 Å². The number of sulfonamides is 2. The fourth-order valence-electron chi connectivity index (χ4n) is 3.73. The standard InChI is InChI=1S/C26H31N3O5S2/c1-5-28(6-2)35(31,32)23-17-13-22(14-18-23)27-26(30)19-29(25-10-8-7-9-21(25)4)36(33,34)24-15-11-20(3)12-16-24/h7-18H,5-6,19H2,1-4H3,(H,27,30). The highest BCUT2D eigenvalue weighted by Gasteiger charge is 2.28. The molecular formula is C26H31N3O5S2. The van der Waals surface area contributed by atoms with E-state index in [1.165, 1.54) is 40.7 Å². The maximum atomic E-state index is 13.5. The molecule has 192 valence electrons. The van der Waals surface area contributed by atoms with Crippen molar-refractivity contribution in [2.45, 2.75) is 37.5 Å². The van der Waals surface area contributed by atoms with Gasteiger partial charge >= 0.3 is 0 Å². The summed E-state index contributed by atoms with van der Waals surface area (Å²) in [5.74, 6) is -0.562. The molecule has 3 rings (SSSR count). The lowest BCUT2D eigenvalue weighted by molar-refractivity contribution is -0.114. The Morgan fingerprint density at radius 2 is 1.28 bits per heavy atom. The van der Waals surface area contributed by atoms with Gasteiger partial charge in [0.15, 0.2) is 0 Å². The number of aryl methyl sites for hydroxylation is 2. The largest absolute Gasteiger partial charge is 0.325 e. The number of nitrogens with zero attached hydrogens (tertiary/aromatic N) is 2. The molecule has 0 saturated heterocycles. The van der Waals surface area contributed by atoms with Crippen LogP contribution in [0.1, 0.15) is 25.0 Å². The van der Waals surface area contributed by atoms with Gasteiger partial charge in [-0.3, -0.25) is 9.10 Å². The van der Waals surface area contributed by atoms with E-state index in [0.29, 0.717) is 30.0 Å². The van der Waals surface area contributed by atoms with E-state index in [1.54, 1.807) is 57.2 Å². The number of amides is 1. The number of nitrogens with one attached hydrogen (secondary N) is 1. The van der Waals surface area contributed by atoms with Crippen LogP contribution in [0.15, 0.2) is 82.6 Å². The molecule has 0 aliphatic carbocycles. The fourth-order valence-corrected chi connectivity index (χ4v) is 6.68. The SMILES string of the molecule is CCN(CC)S(=O)(=O)c1ccc(NC(=O)CN(c2ccccc2C)S(=O)(=O)c2ccc(C)cc2)cc1. The third kappa shape index (κ3) is 5.95. The van der Waals surface area contributed by atoms with Gasteiger partial charge in [-0.15, -0.1) is 0 Å². The molecule has 0 aliphatic rings. The Morgan fingerprint density at radius 1 is 0.750 bits per heavy atom. The summed E-state index contributed by atoms with van der Waals surface area (Å²) >= 11 is 0. The molecule has 0 aromatic heterocycles. The van der Waals surface area contributed by atoms with Crippen molar-refractivity contribution in [1.82, 2.24) is 4.31 Å². The molecular weight excluding hydrogens is 498 g/mol. The van der Waals surface area contributed by atoms with Crippen molar-refractivity contribution in [3.8, 4) is 0 Å². The van der Waals surface area contributed by atoms with E-state index in [4.69, 9.17) is 0 Å². The van der Waals surface area contributed by atoms with E-state index in [2.05, 4.69) is 5.32 Å². The van der Waals surface area contributed by atoms with E-state index < -0.39 is 32.5 Å². The van der Waals surface area contributed by atoms with Crippen molar-refractivity contribution in [2.24, 2.45) is 0 Å². The Kier molecular flexibility index (Phi) is 8.55. The zero-order chi connectivity index (χ0) is 26.5. The van der Waals surface area contributed by atoms with Crippen LogP contribution in [-0.2, 0) is 24.8 Å². The van der Waals surface area contributed by atoms with Crippen LogP contribution < -0.4 is 9.62 Å². The Morgan fingerprint density at radius 3 is 1.83 bits per heavy atom. The van der Waals surface area contributed by atoms with Gasteiger partial charge in [0.05, 0.1) is 15.5 Å². The van der Waals surface area contributed by atoms with E-state index in [1.807, 2.05) is 6.92 Å². The first-order valence-electron chi connectivity index (χ1n) is 11.6. The second kappa shape index (κ2) is 11.2. The molecule has 10 heteroatoms. The van der Waals surface area contributed by atoms with Crippen LogP contribution in [0.2, 0.25) is 0 Å². The predicted octanol–water partition coefficient (Wildman–Crippen LogP) is 4.17. The van der Waals surface area contributed by atoms with Gasteiger partial charge in [0, 0.05) is 18.8 Å². The van der Waals surface area contributed by atoms with Crippen LogP contribution in [0.4, 0.5) is 11.4 Å². The van der Waals surface area contributed by atoms with Crippen LogP contribution in [0.5, 0.6) is 0 Å². The van der Waals surface area contributed by atoms with Gasteiger partial charge in [0.1, 0.15) is 6.54 Å². The van der Waals surface area contributed by atoms with Gasteiger partial charge in [-0.05, 0) is 61.9 Å². The molecule has 0 unspecified atom stereocenters. The number of para-hydroxylation sites is 1. The average molecular weight is 530 g/mol. The van der Waals surface area contributed by atoms with E-state index >= 15 is 0 Å². The van der Waals surface area contributed by atoms with E-state index in [0.717, 1.165) is 9.87 Å². The molecule has 8 nitrogen and oxygen atoms in total. The first kappa shape index (κ1) is 27.4. The van der Waals surface area contributed by atoms with Crippen LogP contribution in [0, 0.1) is 13.8 Å². The molecule has 0 heterocycles. The molecule has 0 fully saturated rings. The number of anilines is 2. The van der Waals surface area contributed by atoms with E-state index in [-0.39, 0.29) is 9.79 Å². The summed E-state index contributed by atoms with van der Waals surface area (Å²) in [4.78, 5) is 13.2. The molecule has 0 spiro atoms. The van der Waals surface area contributed by atoms with Crippen molar-refractivity contribution >= 4 is 37.3 Å². The van der Waals surface area contributed by atoms with Gasteiger partial charge in [-0.25, -0.2) is 16.8 Å². The minimum atomic E-state index is -4.03. The maximum absolute atomic E-state index is 13.5. The number of benzene rings is 3. The Labute approximate surface area is 213 Å². The Hall–Kier alpha value is -3.21. The zero-order valence-corrected chi connectivity index (χ0v) is 22.4. The molecule has 0 bridgehead atoms. The Balaban J connectivity index is 1.87. The monoisotopic (exact) mass is 529 g/mol. The summed E-state index contributed by atoms with van der Waals surface area (Å²) in [5, 5.41) is 2.68. The highest BCUT2D eigenvalue weighted by Crippen LogP contribution is 2.27. The normalized spacial score (nSPS) is 11.9. The molecule has 0 aliphatic heterocycles. The lowest BCUT2D eigenvalue weighted by Crippen LogP contribution is -2.38. The second-order valence-electron chi connectivity index (χ2n) is 8.27. The number of hydrogen-bond acceptors (Lipinski definition) is 5. The summed E-state index contributed by atoms with van der Waals surface area (Å²) in [6.45, 7) is 7.41. The third-order valence-corrected chi connectivity index (χ3v) is 9.60. The van der Waals surface area contributed by atoms with Crippen molar-refractivity contribution in [1.29, 1.82) is 0 Å². The number of hydrogen-bond donors (Lipinski definition) is 1. The molecule has 3 aromatic rings. The van der Waals surface area contributed by atoms with Gasteiger partial charge < -0.3 is 5.32 Å². The molecule has 1 N–H and O–H groups in total. The maximum Gasteiger partial charge on any atom is 0.264 e. The van der Waals surface area contributed by atoms with Crippen molar-refractivity contribution < 1.29 is 21.6 Å². The number of rotatable bonds is 10. The summed E-state index contributed by atoms with van der Waals surface area (Å²) in [6, 6.07) is 19.2.